The molecule has 5 atom stereocenters. The number of alkyl halides is 2. The third kappa shape index (κ3) is 3.17. The van der Waals surface area contributed by atoms with Crippen molar-refractivity contribution in [2.24, 2.45) is 5.92 Å². The lowest BCUT2D eigenvalue weighted by Crippen LogP contribution is -2.45. The van der Waals surface area contributed by atoms with Gasteiger partial charge < -0.3 is 31.0 Å². The number of hydrogen-bond acceptors (Lipinski definition) is 8. The highest BCUT2D eigenvalue weighted by Crippen LogP contribution is 2.56. The molecule has 2 fully saturated rings. The molecule has 4 aromatic rings. The number of fused-ring (bicyclic) bond motifs is 3. The van der Waals surface area contributed by atoms with Gasteiger partial charge >= 0.3 is 0 Å². The first-order valence-corrected chi connectivity index (χ1v) is 10.9. The molecule has 1 saturated heterocycles. The van der Waals surface area contributed by atoms with Gasteiger partial charge in [-0.3, -0.25) is 0 Å². The van der Waals surface area contributed by atoms with Crippen LogP contribution in [0.1, 0.15) is 18.2 Å². The predicted molar refractivity (Wildman–Crippen MR) is 120 cm³/mol. The van der Waals surface area contributed by atoms with Crippen molar-refractivity contribution in [3.8, 4) is 0 Å². The molecule has 0 bridgehead atoms. The van der Waals surface area contributed by atoms with Gasteiger partial charge in [0.2, 0.25) is 0 Å². The molecule has 35 heavy (non-hydrogen) atoms. The maximum absolute atomic E-state index is 15.2. The Balaban J connectivity index is 1.35. The summed E-state index contributed by atoms with van der Waals surface area (Å²) < 4.78 is 51.4. The Morgan fingerprint density at radius 2 is 1.94 bits per heavy atom. The van der Waals surface area contributed by atoms with E-state index in [0.717, 1.165) is 0 Å². The summed E-state index contributed by atoms with van der Waals surface area (Å²) >= 11 is 0. The lowest BCUT2D eigenvalue weighted by Gasteiger charge is -2.26. The summed E-state index contributed by atoms with van der Waals surface area (Å²) in [6.45, 7) is 0. The van der Waals surface area contributed by atoms with E-state index in [9.17, 15) is 14.6 Å². The van der Waals surface area contributed by atoms with Crippen molar-refractivity contribution < 1.29 is 28.1 Å². The standard InChI is InChI=1S/C23H21F3N6O3/c24-14-7-11-2-1-10(6-15(11)31-19(14)28)5-13-17-22(34,8-23(13,25)26)16(33)21(35-17)32-4-3-12-18(27)29-9-30-20(12)32/h1-4,6-7,9,13,16-17,21,33-34H,5,8H2,(H2,28,31)(H2,27,29,30)/t13-,16?,17+,21+,22-/m0/s1. The molecule has 182 valence electrons. The highest BCUT2D eigenvalue weighted by molar-refractivity contribution is 5.86. The fourth-order valence-corrected chi connectivity index (χ4v) is 5.39. The zero-order valence-corrected chi connectivity index (χ0v) is 18.1. The van der Waals surface area contributed by atoms with Gasteiger partial charge in [-0.25, -0.2) is 28.1 Å². The second-order valence-electron chi connectivity index (χ2n) is 9.23. The van der Waals surface area contributed by atoms with E-state index in [2.05, 4.69) is 15.0 Å². The number of hydrogen-bond donors (Lipinski definition) is 4. The van der Waals surface area contributed by atoms with Crippen LogP contribution in [0, 0.1) is 11.7 Å². The Kier molecular flexibility index (Phi) is 4.57. The lowest BCUT2D eigenvalue weighted by atomic mass is 9.89. The molecule has 0 spiro atoms. The number of nitrogens with zero attached hydrogens (tertiary/aromatic N) is 4. The first-order valence-electron chi connectivity index (χ1n) is 10.9. The zero-order chi connectivity index (χ0) is 24.7. The normalized spacial score (nSPS) is 29.7. The van der Waals surface area contributed by atoms with Crippen molar-refractivity contribution in [3.05, 3.63) is 54.2 Å². The molecule has 1 aliphatic heterocycles. The Hall–Kier alpha value is -3.48. The number of aliphatic hydroxyl groups is 2. The highest BCUT2D eigenvalue weighted by Gasteiger charge is 2.71. The van der Waals surface area contributed by atoms with E-state index in [4.69, 9.17) is 16.2 Å². The fraction of sp³-hybridized carbons (Fsp3) is 0.348. The molecule has 6 N–H and O–H groups in total. The minimum atomic E-state index is -3.32. The number of benzene rings is 1. The summed E-state index contributed by atoms with van der Waals surface area (Å²) in [4.78, 5) is 12.1. The number of nitrogens with two attached hydrogens (primary N) is 2. The van der Waals surface area contributed by atoms with Crippen LogP contribution in [0.3, 0.4) is 0 Å². The predicted octanol–water partition coefficient (Wildman–Crippen LogP) is 2.17. The van der Waals surface area contributed by atoms with Crippen molar-refractivity contribution in [2.75, 3.05) is 11.5 Å². The van der Waals surface area contributed by atoms with Gasteiger partial charge in [0.05, 0.1) is 16.8 Å². The van der Waals surface area contributed by atoms with Gasteiger partial charge in [0, 0.05) is 18.0 Å². The third-order valence-corrected chi connectivity index (χ3v) is 7.12. The summed E-state index contributed by atoms with van der Waals surface area (Å²) in [6.07, 6.45) is -2.50. The largest absolute Gasteiger partial charge is 0.385 e. The number of rotatable bonds is 3. The van der Waals surface area contributed by atoms with E-state index in [0.29, 0.717) is 27.5 Å². The maximum atomic E-state index is 15.2. The SMILES string of the molecule is Nc1nc2cc(C[C@H]3[C@H]4O[C@@H](n5ccc6c(N)ncnc65)C(O)[C@@]4(O)CC3(F)F)ccc2cc1F. The van der Waals surface area contributed by atoms with E-state index in [1.807, 2.05) is 0 Å². The summed E-state index contributed by atoms with van der Waals surface area (Å²) in [5.74, 6) is -5.50. The van der Waals surface area contributed by atoms with E-state index < -0.39 is 48.1 Å². The molecular weight excluding hydrogens is 465 g/mol. The fourth-order valence-electron chi connectivity index (χ4n) is 5.39. The van der Waals surface area contributed by atoms with Gasteiger partial charge in [-0.2, -0.15) is 0 Å². The first kappa shape index (κ1) is 22.0. The smallest absolute Gasteiger partial charge is 0.256 e. The molecule has 0 radical (unpaired) electrons. The van der Waals surface area contributed by atoms with Gasteiger partial charge in [0.25, 0.3) is 5.92 Å². The van der Waals surface area contributed by atoms with Crippen LogP contribution in [0.25, 0.3) is 21.9 Å². The number of halogens is 3. The molecule has 6 rings (SSSR count). The molecule has 2 aliphatic rings. The number of ether oxygens (including phenoxy) is 1. The second kappa shape index (κ2) is 7.26. The average Bonchev–Trinajstić information content (AvgIpc) is 3.38. The minimum absolute atomic E-state index is 0.171. The number of pyridine rings is 1. The molecule has 3 aromatic heterocycles. The van der Waals surface area contributed by atoms with Crippen LogP contribution >= 0.6 is 0 Å². The Bertz CT molecular complexity index is 1480. The van der Waals surface area contributed by atoms with E-state index in [1.165, 1.54) is 17.0 Å². The second-order valence-corrected chi connectivity index (χ2v) is 9.23. The molecule has 0 amide bonds. The average molecular weight is 486 g/mol. The Morgan fingerprint density at radius 1 is 1.14 bits per heavy atom. The van der Waals surface area contributed by atoms with Gasteiger partial charge in [0.15, 0.2) is 17.9 Å². The molecular formula is C23H21F3N6O3. The van der Waals surface area contributed by atoms with Crippen molar-refractivity contribution in [1.82, 2.24) is 19.5 Å². The molecule has 12 heteroatoms. The lowest BCUT2D eigenvalue weighted by molar-refractivity contribution is -0.118. The van der Waals surface area contributed by atoms with Crippen molar-refractivity contribution in [3.63, 3.8) is 0 Å². The summed E-state index contributed by atoms with van der Waals surface area (Å²) in [5.41, 5.74) is 10.4. The first-order chi connectivity index (χ1) is 16.6. The van der Waals surface area contributed by atoms with Crippen molar-refractivity contribution in [1.29, 1.82) is 0 Å². The van der Waals surface area contributed by atoms with Gasteiger partial charge in [0.1, 0.15) is 35.6 Å². The molecule has 1 aromatic carbocycles. The summed E-state index contributed by atoms with van der Waals surface area (Å²) in [7, 11) is 0. The number of aromatic nitrogens is 4. The zero-order valence-electron chi connectivity index (χ0n) is 18.1. The van der Waals surface area contributed by atoms with E-state index >= 15 is 8.78 Å². The molecule has 1 saturated carbocycles. The summed E-state index contributed by atoms with van der Waals surface area (Å²) in [5, 5.41) is 23.2. The molecule has 1 aliphatic carbocycles. The molecule has 1 unspecified atom stereocenters. The van der Waals surface area contributed by atoms with Crippen LogP contribution in [-0.2, 0) is 11.2 Å². The topological polar surface area (TPSA) is 145 Å². The van der Waals surface area contributed by atoms with Crippen molar-refractivity contribution >= 4 is 33.6 Å². The number of aliphatic hydroxyl groups excluding tert-OH is 1. The van der Waals surface area contributed by atoms with E-state index in [1.54, 1.807) is 30.5 Å². The van der Waals surface area contributed by atoms with Gasteiger partial charge in [-0.15, -0.1) is 0 Å². The van der Waals surface area contributed by atoms with Gasteiger partial charge in [-0.1, -0.05) is 12.1 Å². The minimum Gasteiger partial charge on any atom is -0.385 e. The maximum Gasteiger partial charge on any atom is 0.256 e. The quantitative estimate of drug-likeness (QED) is 0.345. The highest BCUT2D eigenvalue weighted by atomic mass is 19.3. The van der Waals surface area contributed by atoms with Crippen LogP contribution in [0.2, 0.25) is 0 Å². The van der Waals surface area contributed by atoms with Crippen LogP contribution in [0.5, 0.6) is 0 Å². The number of anilines is 2. The van der Waals surface area contributed by atoms with E-state index in [-0.39, 0.29) is 18.1 Å². The monoisotopic (exact) mass is 486 g/mol. The van der Waals surface area contributed by atoms with Crippen LogP contribution in [0.15, 0.2) is 42.9 Å². The molecule has 9 nitrogen and oxygen atoms in total. The number of nitrogen functional groups attached to an aromatic ring is 2. The Labute approximate surface area is 196 Å². The van der Waals surface area contributed by atoms with Crippen LogP contribution in [-0.4, -0.2) is 53.5 Å². The summed E-state index contributed by atoms with van der Waals surface area (Å²) in [6, 6.07) is 7.57. The molecule has 4 heterocycles. The van der Waals surface area contributed by atoms with Crippen molar-refractivity contribution in [2.45, 2.75) is 42.8 Å². The van der Waals surface area contributed by atoms with Crippen LogP contribution < -0.4 is 11.5 Å². The van der Waals surface area contributed by atoms with Gasteiger partial charge in [-0.05, 0) is 30.2 Å². The Morgan fingerprint density at radius 3 is 2.74 bits per heavy atom. The van der Waals surface area contributed by atoms with Crippen LogP contribution in [0.4, 0.5) is 24.8 Å². The third-order valence-electron chi connectivity index (χ3n) is 7.12.